The molecule has 0 aliphatic carbocycles. The number of carbonyl (C=O) groups excluding carboxylic acids is 1. The fraction of sp³-hybridized carbons (Fsp3) is 0.150. The minimum Gasteiger partial charge on any atom is -0.336 e. The van der Waals surface area contributed by atoms with Gasteiger partial charge in [0.1, 0.15) is 23.0 Å². The average molecular weight is 366 g/mol. The van der Waals surface area contributed by atoms with Gasteiger partial charge in [0.25, 0.3) is 5.91 Å². The van der Waals surface area contributed by atoms with Crippen molar-refractivity contribution >= 4 is 17.5 Å². The van der Waals surface area contributed by atoms with E-state index in [1.165, 1.54) is 29.5 Å². The van der Waals surface area contributed by atoms with Crippen LogP contribution in [0.2, 0.25) is 0 Å². The van der Waals surface area contributed by atoms with Crippen molar-refractivity contribution in [2.45, 2.75) is 13.0 Å². The van der Waals surface area contributed by atoms with Crippen molar-refractivity contribution in [3.05, 3.63) is 83.2 Å². The number of para-hydroxylation sites is 1. The Balaban J connectivity index is 1.55. The maximum Gasteiger partial charge on any atom is 0.274 e. The summed E-state index contributed by atoms with van der Waals surface area (Å²) in [6, 6.07) is 12.9. The molecule has 1 N–H and O–H groups in total. The zero-order valence-electron chi connectivity index (χ0n) is 14.3. The highest BCUT2D eigenvalue weighted by atomic mass is 19.1. The predicted molar refractivity (Wildman–Crippen MR) is 97.5 cm³/mol. The first-order valence-corrected chi connectivity index (χ1v) is 8.52. The maximum atomic E-state index is 13.7. The van der Waals surface area contributed by atoms with Gasteiger partial charge in [-0.25, -0.2) is 18.7 Å². The lowest BCUT2D eigenvalue weighted by Crippen LogP contribution is -2.32. The first kappa shape index (κ1) is 17.1. The molecule has 0 spiro atoms. The van der Waals surface area contributed by atoms with Crippen LogP contribution in [0, 0.1) is 11.6 Å². The summed E-state index contributed by atoms with van der Waals surface area (Å²) in [7, 11) is 0. The second-order valence-corrected chi connectivity index (χ2v) is 6.23. The van der Waals surface area contributed by atoms with E-state index in [0.29, 0.717) is 12.5 Å². The molecule has 0 unspecified atom stereocenters. The number of aromatic nitrogens is 2. The smallest absolute Gasteiger partial charge is 0.274 e. The molecule has 2 aromatic carbocycles. The van der Waals surface area contributed by atoms with Crippen LogP contribution in [0.3, 0.4) is 0 Å². The Morgan fingerprint density at radius 1 is 1.00 bits per heavy atom. The van der Waals surface area contributed by atoms with Gasteiger partial charge in [0.2, 0.25) is 5.95 Å². The van der Waals surface area contributed by atoms with Crippen LogP contribution >= 0.6 is 0 Å². The van der Waals surface area contributed by atoms with Gasteiger partial charge in [-0.3, -0.25) is 4.79 Å². The van der Waals surface area contributed by atoms with E-state index in [9.17, 15) is 13.6 Å². The normalized spacial score (nSPS) is 13.2. The third-order valence-electron chi connectivity index (χ3n) is 4.49. The van der Waals surface area contributed by atoms with Gasteiger partial charge in [-0.05, 0) is 35.7 Å². The fourth-order valence-electron chi connectivity index (χ4n) is 3.09. The number of anilines is 2. The third kappa shape index (κ3) is 3.48. The topological polar surface area (TPSA) is 58.1 Å². The van der Waals surface area contributed by atoms with Gasteiger partial charge < -0.3 is 10.2 Å². The van der Waals surface area contributed by atoms with E-state index >= 15 is 0 Å². The number of benzene rings is 2. The summed E-state index contributed by atoms with van der Waals surface area (Å²) in [5.74, 6) is -1.97. The van der Waals surface area contributed by atoms with E-state index < -0.39 is 23.2 Å². The molecule has 1 amide bonds. The molecule has 0 atom stereocenters. The Morgan fingerprint density at radius 2 is 1.74 bits per heavy atom. The zero-order valence-corrected chi connectivity index (χ0v) is 14.3. The van der Waals surface area contributed by atoms with Crippen LogP contribution in [-0.4, -0.2) is 22.4 Å². The fourth-order valence-corrected chi connectivity index (χ4v) is 3.09. The molecule has 136 valence electrons. The van der Waals surface area contributed by atoms with Gasteiger partial charge in [-0.15, -0.1) is 0 Å². The molecule has 3 aromatic rings. The third-order valence-corrected chi connectivity index (χ3v) is 4.49. The largest absolute Gasteiger partial charge is 0.336 e. The summed E-state index contributed by atoms with van der Waals surface area (Å²) >= 11 is 0. The minimum atomic E-state index is -0.842. The molecule has 0 radical (unpaired) electrons. The Bertz CT molecular complexity index is 989. The molecule has 27 heavy (non-hydrogen) atoms. The van der Waals surface area contributed by atoms with Crippen molar-refractivity contribution < 1.29 is 13.6 Å². The first-order valence-electron chi connectivity index (χ1n) is 8.52. The summed E-state index contributed by atoms with van der Waals surface area (Å²) in [6.45, 7) is 1.37. The van der Waals surface area contributed by atoms with Gasteiger partial charge in [0.15, 0.2) is 0 Å². The van der Waals surface area contributed by atoms with E-state index in [4.69, 9.17) is 0 Å². The number of rotatable bonds is 3. The molecular weight excluding hydrogens is 350 g/mol. The highest BCUT2D eigenvalue weighted by Crippen LogP contribution is 2.22. The van der Waals surface area contributed by atoms with Crippen LogP contribution in [0.15, 0.2) is 54.7 Å². The molecule has 0 bridgehead atoms. The van der Waals surface area contributed by atoms with Crippen LogP contribution < -0.4 is 10.2 Å². The highest BCUT2D eigenvalue weighted by molar-refractivity contribution is 6.03. The molecule has 1 aliphatic rings. The van der Waals surface area contributed by atoms with Crippen molar-refractivity contribution in [3.8, 4) is 0 Å². The number of hydrogen-bond acceptors (Lipinski definition) is 4. The summed E-state index contributed by atoms with van der Waals surface area (Å²) in [5.41, 5.74) is 2.03. The Morgan fingerprint density at radius 3 is 2.52 bits per heavy atom. The van der Waals surface area contributed by atoms with E-state index in [1.807, 2.05) is 17.0 Å². The van der Waals surface area contributed by atoms with Crippen LogP contribution in [0.4, 0.5) is 20.4 Å². The standard InChI is InChI=1S/C20H16F2N4O/c21-15-6-3-7-16(22)18(15)25-19(27)17-8-10-23-20(24-17)26-11-9-13-4-1-2-5-14(13)12-26/h1-8,10H,9,11-12H2,(H,25,27). The van der Waals surface area contributed by atoms with Crippen molar-refractivity contribution in [2.24, 2.45) is 0 Å². The lowest BCUT2D eigenvalue weighted by atomic mass is 10.0. The van der Waals surface area contributed by atoms with Gasteiger partial charge in [-0.2, -0.15) is 0 Å². The maximum absolute atomic E-state index is 13.7. The number of fused-ring (bicyclic) bond motifs is 1. The van der Waals surface area contributed by atoms with E-state index in [1.54, 1.807) is 0 Å². The van der Waals surface area contributed by atoms with Crippen molar-refractivity contribution in [1.82, 2.24) is 9.97 Å². The Kier molecular flexibility index (Phi) is 4.50. The van der Waals surface area contributed by atoms with Crippen LogP contribution in [-0.2, 0) is 13.0 Å². The molecule has 0 saturated heterocycles. The minimum absolute atomic E-state index is 0.0431. The van der Waals surface area contributed by atoms with Crippen LogP contribution in [0.5, 0.6) is 0 Å². The Labute approximate surface area is 154 Å². The van der Waals surface area contributed by atoms with Gasteiger partial charge in [0.05, 0.1) is 0 Å². The lowest BCUT2D eigenvalue weighted by molar-refractivity contribution is 0.102. The molecule has 0 fully saturated rings. The number of hydrogen-bond donors (Lipinski definition) is 1. The van der Waals surface area contributed by atoms with Crippen LogP contribution in [0.1, 0.15) is 21.6 Å². The second kappa shape index (κ2) is 7.11. The van der Waals surface area contributed by atoms with Gasteiger partial charge >= 0.3 is 0 Å². The van der Waals surface area contributed by atoms with E-state index in [0.717, 1.165) is 25.1 Å². The molecule has 2 heterocycles. The average Bonchev–Trinajstić information content (AvgIpc) is 2.70. The monoisotopic (exact) mass is 366 g/mol. The predicted octanol–water partition coefficient (Wildman–Crippen LogP) is 3.57. The molecule has 1 aromatic heterocycles. The molecule has 5 nitrogen and oxygen atoms in total. The molecule has 1 aliphatic heterocycles. The van der Waals surface area contributed by atoms with Crippen LogP contribution in [0.25, 0.3) is 0 Å². The van der Waals surface area contributed by atoms with Crippen molar-refractivity contribution in [3.63, 3.8) is 0 Å². The van der Waals surface area contributed by atoms with Gasteiger partial charge in [0, 0.05) is 19.3 Å². The quantitative estimate of drug-likeness (QED) is 0.770. The van der Waals surface area contributed by atoms with E-state index in [-0.39, 0.29) is 5.69 Å². The number of carbonyl (C=O) groups is 1. The number of halogens is 2. The molecule has 4 rings (SSSR count). The number of amides is 1. The van der Waals surface area contributed by atoms with Gasteiger partial charge in [-0.1, -0.05) is 30.3 Å². The molecular formula is C20H16F2N4O. The number of nitrogens with zero attached hydrogens (tertiary/aromatic N) is 3. The SMILES string of the molecule is O=C(Nc1c(F)cccc1F)c1ccnc(N2CCc3ccccc3C2)n1. The summed E-state index contributed by atoms with van der Waals surface area (Å²) in [6.07, 6.45) is 2.33. The molecule has 7 heteroatoms. The van der Waals surface area contributed by atoms with Crippen molar-refractivity contribution in [1.29, 1.82) is 0 Å². The summed E-state index contributed by atoms with van der Waals surface area (Å²) < 4.78 is 27.5. The summed E-state index contributed by atoms with van der Waals surface area (Å²) in [5, 5.41) is 2.24. The first-order chi connectivity index (χ1) is 13.1. The van der Waals surface area contributed by atoms with Crippen molar-refractivity contribution in [2.75, 3.05) is 16.8 Å². The van der Waals surface area contributed by atoms with E-state index in [2.05, 4.69) is 27.4 Å². The summed E-state index contributed by atoms with van der Waals surface area (Å²) in [4.78, 5) is 22.9. The lowest BCUT2D eigenvalue weighted by Gasteiger charge is -2.28. The molecule has 0 saturated carbocycles. The second-order valence-electron chi connectivity index (χ2n) is 6.23. The Hall–Kier alpha value is -3.35. The highest BCUT2D eigenvalue weighted by Gasteiger charge is 2.20. The zero-order chi connectivity index (χ0) is 18.8. The number of nitrogens with one attached hydrogen (secondary N) is 1.